The van der Waals surface area contributed by atoms with Crippen LogP contribution in [-0.2, 0) is 14.3 Å². The Labute approximate surface area is 125 Å². The quantitative estimate of drug-likeness (QED) is 0.760. The molecule has 0 saturated carbocycles. The van der Waals surface area contributed by atoms with Crippen molar-refractivity contribution < 1.29 is 19.4 Å². The number of carbonyl (C=O) groups is 2. The molecule has 0 spiro atoms. The SMILES string of the molecule is O=C(O)CC1CCN(C(=O)CCOC2CCNCC2)CC1. The molecule has 0 aliphatic carbocycles. The lowest BCUT2D eigenvalue weighted by atomic mass is 9.93. The summed E-state index contributed by atoms with van der Waals surface area (Å²) in [6.45, 7) is 3.86. The number of amides is 1. The van der Waals surface area contributed by atoms with Crippen LogP contribution in [0.2, 0.25) is 0 Å². The second-order valence-corrected chi connectivity index (χ2v) is 5.99. The first-order chi connectivity index (χ1) is 10.1. The summed E-state index contributed by atoms with van der Waals surface area (Å²) >= 11 is 0. The Morgan fingerprint density at radius 3 is 2.43 bits per heavy atom. The summed E-state index contributed by atoms with van der Waals surface area (Å²) in [5, 5.41) is 12.1. The normalized spacial score (nSPS) is 21.4. The first-order valence-corrected chi connectivity index (χ1v) is 7.97. The zero-order valence-electron chi connectivity index (χ0n) is 12.6. The van der Waals surface area contributed by atoms with E-state index in [0.717, 1.165) is 38.8 Å². The van der Waals surface area contributed by atoms with Crippen molar-refractivity contribution >= 4 is 11.9 Å². The smallest absolute Gasteiger partial charge is 0.303 e. The van der Waals surface area contributed by atoms with Gasteiger partial charge in [-0.1, -0.05) is 0 Å². The van der Waals surface area contributed by atoms with Gasteiger partial charge in [-0.15, -0.1) is 0 Å². The van der Waals surface area contributed by atoms with Gasteiger partial charge in [0.05, 0.1) is 19.1 Å². The van der Waals surface area contributed by atoms with E-state index in [4.69, 9.17) is 9.84 Å². The molecule has 2 aliphatic rings. The fourth-order valence-electron chi connectivity index (χ4n) is 3.07. The number of aliphatic carboxylic acids is 1. The Bertz CT molecular complexity index is 348. The van der Waals surface area contributed by atoms with Gasteiger partial charge in [0, 0.05) is 19.5 Å². The highest BCUT2D eigenvalue weighted by atomic mass is 16.5. The standard InChI is InChI=1S/C15H26N2O4/c18-14(5-10-21-13-1-6-16-7-2-13)17-8-3-12(4-9-17)11-15(19)20/h12-13,16H,1-11H2,(H,19,20). The first kappa shape index (κ1) is 16.2. The molecule has 6 heteroatoms. The van der Waals surface area contributed by atoms with Gasteiger partial charge in [0.1, 0.15) is 0 Å². The molecule has 2 fully saturated rings. The molecule has 0 aromatic heterocycles. The van der Waals surface area contributed by atoms with Gasteiger partial charge in [0.25, 0.3) is 0 Å². The summed E-state index contributed by atoms with van der Waals surface area (Å²) in [6, 6.07) is 0. The molecule has 2 saturated heterocycles. The van der Waals surface area contributed by atoms with Crippen LogP contribution in [0.3, 0.4) is 0 Å². The molecule has 2 heterocycles. The Morgan fingerprint density at radius 2 is 1.81 bits per heavy atom. The van der Waals surface area contributed by atoms with Gasteiger partial charge in [-0.25, -0.2) is 0 Å². The fourth-order valence-corrected chi connectivity index (χ4v) is 3.07. The van der Waals surface area contributed by atoms with Gasteiger partial charge in [-0.05, 0) is 44.7 Å². The largest absolute Gasteiger partial charge is 0.481 e. The topological polar surface area (TPSA) is 78.9 Å². The maximum absolute atomic E-state index is 12.1. The Kier molecular flexibility index (Phi) is 6.45. The number of hydrogen-bond acceptors (Lipinski definition) is 4. The van der Waals surface area contributed by atoms with Gasteiger partial charge >= 0.3 is 5.97 Å². The maximum Gasteiger partial charge on any atom is 0.303 e. The van der Waals surface area contributed by atoms with E-state index in [9.17, 15) is 9.59 Å². The van der Waals surface area contributed by atoms with E-state index in [-0.39, 0.29) is 18.2 Å². The van der Waals surface area contributed by atoms with Crippen LogP contribution in [0.25, 0.3) is 0 Å². The molecule has 6 nitrogen and oxygen atoms in total. The zero-order chi connectivity index (χ0) is 15.1. The molecule has 0 bridgehead atoms. The van der Waals surface area contributed by atoms with E-state index in [1.54, 1.807) is 0 Å². The number of rotatable bonds is 6. The molecule has 0 atom stereocenters. The van der Waals surface area contributed by atoms with Crippen LogP contribution < -0.4 is 5.32 Å². The van der Waals surface area contributed by atoms with Crippen molar-refractivity contribution in [2.45, 2.75) is 44.6 Å². The average molecular weight is 298 g/mol. The number of carboxylic acids is 1. The molecule has 0 radical (unpaired) electrons. The van der Waals surface area contributed by atoms with Crippen molar-refractivity contribution in [2.24, 2.45) is 5.92 Å². The van der Waals surface area contributed by atoms with Crippen LogP contribution in [0.5, 0.6) is 0 Å². The predicted octanol–water partition coefficient (Wildman–Crippen LogP) is 0.858. The lowest BCUT2D eigenvalue weighted by molar-refractivity contribution is -0.138. The highest BCUT2D eigenvalue weighted by Crippen LogP contribution is 2.21. The Morgan fingerprint density at radius 1 is 1.14 bits per heavy atom. The van der Waals surface area contributed by atoms with Crippen molar-refractivity contribution in [1.82, 2.24) is 10.2 Å². The Balaban J connectivity index is 1.59. The number of piperidine rings is 2. The molecule has 2 rings (SSSR count). The summed E-state index contributed by atoms with van der Waals surface area (Å²) in [4.78, 5) is 24.6. The molecule has 0 aromatic carbocycles. The molecule has 2 N–H and O–H groups in total. The van der Waals surface area contributed by atoms with E-state index >= 15 is 0 Å². The predicted molar refractivity (Wildman–Crippen MR) is 78.0 cm³/mol. The van der Waals surface area contributed by atoms with E-state index in [2.05, 4.69) is 5.32 Å². The van der Waals surface area contributed by atoms with Crippen LogP contribution in [0.4, 0.5) is 0 Å². The lowest BCUT2D eigenvalue weighted by Crippen LogP contribution is -2.39. The first-order valence-electron chi connectivity index (χ1n) is 7.97. The van der Waals surface area contributed by atoms with Crippen LogP contribution in [0.15, 0.2) is 0 Å². The second kappa shape index (κ2) is 8.34. The highest BCUT2D eigenvalue weighted by Gasteiger charge is 2.24. The number of nitrogens with zero attached hydrogens (tertiary/aromatic N) is 1. The third kappa shape index (κ3) is 5.63. The maximum atomic E-state index is 12.1. The van der Waals surface area contributed by atoms with Crippen LogP contribution in [0.1, 0.15) is 38.5 Å². The van der Waals surface area contributed by atoms with Gasteiger partial charge in [0.15, 0.2) is 0 Å². The van der Waals surface area contributed by atoms with Crippen LogP contribution in [0, 0.1) is 5.92 Å². The van der Waals surface area contributed by atoms with E-state index in [1.165, 1.54) is 0 Å². The van der Waals surface area contributed by atoms with E-state index < -0.39 is 5.97 Å². The minimum Gasteiger partial charge on any atom is -0.481 e. The molecule has 0 aromatic rings. The van der Waals surface area contributed by atoms with Crippen LogP contribution >= 0.6 is 0 Å². The van der Waals surface area contributed by atoms with Gasteiger partial charge in [-0.2, -0.15) is 0 Å². The zero-order valence-corrected chi connectivity index (χ0v) is 12.6. The van der Waals surface area contributed by atoms with E-state index in [1.807, 2.05) is 4.90 Å². The number of carbonyl (C=O) groups excluding carboxylic acids is 1. The monoisotopic (exact) mass is 298 g/mol. The van der Waals surface area contributed by atoms with Crippen molar-refractivity contribution in [3.63, 3.8) is 0 Å². The minimum absolute atomic E-state index is 0.137. The summed E-state index contributed by atoms with van der Waals surface area (Å²) < 4.78 is 5.75. The number of nitrogens with one attached hydrogen (secondary N) is 1. The average Bonchev–Trinajstić information content (AvgIpc) is 2.48. The summed E-state index contributed by atoms with van der Waals surface area (Å²) in [5.41, 5.74) is 0. The van der Waals surface area contributed by atoms with Gasteiger partial charge in [0.2, 0.25) is 5.91 Å². The minimum atomic E-state index is -0.741. The summed E-state index contributed by atoms with van der Waals surface area (Å²) in [7, 11) is 0. The molecule has 0 unspecified atom stereocenters. The third-order valence-corrected chi connectivity index (χ3v) is 4.39. The van der Waals surface area contributed by atoms with Crippen molar-refractivity contribution in [3.8, 4) is 0 Å². The number of ether oxygens (including phenoxy) is 1. The van der Waals surface area contributed by atoms with Crippen LogP contribution in [-0.4, -0.2) is 60.8 Å². The summed E-state index contributed by atoms with van der Waals surface area (Å²) in [6.07, 6.45) is 4.60. The third-order valence-electron chi connectivity index (χ3n) is 4.39. The molecule has 2 aliphatic heterocycles. The highest BCUT2D eigenvalue weighted by molar-refractivity contribution is 5.76. The molecular formula is C15H26N2O4. The van der Waals surface area contributed by atoms with Gasteiger partial charge in [-0.3, -0.25) is 9.59 Å². The van der Waals surface area contributed by atoms with Crippen molar-refractivity contribution in [2.75, 3.05) is 32.8 Å². The van der Waals surface area contributed by atoms with E-state index in [0.29, 0.717) is 32.2 Å². The number of likely N-dealkylation sites (tertiary alicyclic amines) is 1. The molecule has 21 heavy (non-hydrogen) atoms. The number of hydrogen-bond donors (Lipinski definition) is 2. The molecule has 1 amide bonds. The number of carboxylic acid groups (broad SMARTS) is 1. The van der Waals surface area contributed by atoms with Gasteiger partial charge < -0.3 is 20.1 Å². The van der Waals surface area contributed by atoms with Crippen molar-refractivity contribution in [1.29, 1.82) is 0 Å². The second-order valence-electron chi connectivity index (χ2n) is 5.99. The molecular weight excluding hydrogens is 272 g/mol. The molecule has 120 valence electrons. The van der Waals surface area contributed by atoms with Crippen molar-refractivity contribution in [3.05, 3.63) is 0 Å². The Hall–Kier alpha value is -1.14. The fraction of sp³-hybridized carbons (Fsp3) is 0.867. The summed E-state index contributed by atoms with van der Waals surface area (Å²) in [5.74, 6) is -0.384. The lowest BCUT2D eigenvalue weighted by Gasteiger charge is -2.31.